The molecule has 0 saturated heterocycles. The molecule has 0 aliphatic heterocycles. The van der Waals surface area contributed by atoms with Gasteiger partial charge in [-0.1, -0.05) is 18.2 Å². The summed E-state index contributed by atoms with van der Waals surface area (Å²) in [7, 11) is 0. The summed E-state index contributed by atoms with van der Waals surface area (Å²) in [6, 6.07) is 13.0. The first-order valence-electron chi connectivity index (χ1n) is 5.45. The highest BCUT2D eigenvalue weighted by Gasteiger charge is 2.24. The lowest BCUT2D eigenvalue weighted by Gasteiger charge is -1.93. The molecule has 3 rings (SSSR count). The third-order valence-electron chi connectivity index (χ3n) is 2.60. The molecule has 0 aliphatic carbocycles. The molecule has 1 aromatic carbocycles. The molecule has 5 nitrogen and oxygen atoms in total. The van der Waals surface area contributed by atoms with E-state index < -0.39 is 5.63 Å². The first-order valence-corrected chi connectivity index (χ1v) is 5.45. The van der Waals surface area contributed by atoms with Crippen molar-refractivity contribution in [3.63, 3.8) is 0 Å². The zero-order valence-electron chi connectivity index (χ0n) is 9.41. The van der Waals surface area contributed by atoms with Gasteiger partial charge in [0.1, 0.15) is 0 Å². The first kappa shape index (κ1) is 10.5. The van der Waals surface area contributed by atoms with E-state index in [0.29, 0.717) is 11.3 Å². The molecular formula is C13H10N3O2+. The van der Waals surface area contributed by atoms with Gasteiger partial charge in [0.2, 0.25) is 5.69 Å². The minimum absolute atomic E-state index is 0.424. The van der Waals surface area contributed by atoms with E-state index in [4.69, 9.17) is 4.52 Å². The standard InChI is InChI=1S/C13H9N3O2/c17-13-12(10-5-4-8-14-9-10)16(15-18-13)11-6-2-1-3-7-11/h1-9H/p+1. The van der Waals surface area contributed by atoms with E-state index in [2.05, 4.69) is 10.3 Å². The normalized spacial score (nSPS) is 10.4. The summed E-state index contributed by atoms with van der Waals surface area (Å²) in [5.74, 6) is 0. The number of aromatic amines is 1. The van der Waals surface area contributed by atoms with E-state index >= 15 is 0 Å². The van der Waals surface area contributed by atoms with Crippen molar-refractivity contribution in [1.29, 1.82) is 0 Å². The van der Waals surface area contributed by atoms with Gasteiger partial charge in [0, 0.05) is 24.5 Å². The molecule has 0 amide bonds. The van der Waals surface area contributed by atoms with E-state index in [9.17, 15) is 4.79 Å². The van der Waals surface area contributed by atoms with Gasteiger partial charge in [-0.05, 0) is 22.1 Å². The van der Waals surface area contributed by atoms with Gasteiger partial charge in [0.15, 0.2) is 0 Å². The Labute approximate surface area is 102 Å². The van der Waals surface area contributed by atoms with Crippen LogP contribution in [0.3, 0.4) is 0 Å². The second-order valence-electron chi connectivity index (χ2n) is 3.74. The molecule has 18 heavy (non-hydrogen) atoms. The molecule has 0 bridgehead atoms. The number of aromatic nitrogens is 3. The molecule has 88 valence electrons. The Morgan fingerprint density at radius 3 is 2.67 bits per heavy atom. The molecule has 1 N–H and O–H groups in total. The number of H-pyrrole nitrogens is 1. The molecule has 0 saturated carbocycles. The number of para-hydroxylation sites is 1. The van der Waals surface area contributed by atoms with Crippen LogP contribution in [0.5, 0.6) is 0 Å². The predicted molar refractivity (Wildman–Crippen MR) is 64.1 cm³/mol. The third kappa shape index (κ3) is 1.71. The number of nitrogens with one attached hydrogen (secondary N) is 1. The van der Waals surface area contributed by atoms with Crippen molar-refractivity contribution < 1.29 is 9.20 Å². The topological polar surface area (TPSA) is 62.8 Å². The fraction of sp³-hybridized carbons (Fsp3) is 0. The SMILES string of the molecule is O=c1o[nH][n+](-c2ccccc2)c1-c1cccnc1. The minimum atomic E-state index is -0.424. The van der Waals surface area contributed by atoms with Crippen LogP contribution in [0.2, 0.25) is 0 Å². The molecule has 2 aromatic heterocycles. The van der Waals surface area contributed by atoms with Crippen molar-refractivity contribution in [3.8, 4) is 16.9 Å². The van der Waals surface area contributed by atoms with Gasteiger partial charge in [0.05, 0.1) is 5.56 Å². The lowest BCUT2D eigenvalue weighted by atomic mass is 10.2. The van der Waals surface area contributed by atoms with Crippen LogP contribution in [0.1, 0.15) is 0 Å². The summed E-state index contributed by atoms with van der Waals surface area (Å²) in [5.41, 5.74) is 1.53. The smallest absolute Gasteiger partial charge is 0.282 e. The molecule has 0 radical (unpaired) electrons. The zero-order valence-corrected chi connectivity index (χ0v) is 9.41. The molecule has 0 fully saturated rings. The maximum absolute atomic E-state index is 11.8. The van der Waals surface area contributed by atoms with Crippen molar-refractivity contribution in [2.75, 3.05) is 0 Å². The van der Waals surface area contributed by atoms with Crippen molar-refractivity contribution in [2.24, 2.45) is 0 Å². The number of hydrogen-bond acceptors (Lipinski definition) is 3. The van der Waals surface area contributed by atoms with Gasteiger partial charge in [-0.2, -0.15) is 0 Å². The number of nitrogens with zero attached hydrogens (tertiary/aromatic N) is 2. The number of benzene rings is 1. The second kappa shape index (κ2) is 4.29. The maximum atomic E-state index is 11.8. The molecule has 0 spiro atoms. The van der Waals surface area contributed by atoms with Crippen LogP contribution in [0.15, 0.2) is 64.2 Å². The fourth-order valence-corrected chi connectivity index (χ4v) is 1.78. The van der Waals surface area contributed by atoms with Gasteiger partial charge in [-0.15, -0.1) is 0 Å². The Morgan fingerprint density at radius 1 is 1.11 bits per heavy atom. The molecule has 0 aliphatic rings. The van der Waals surface area contributed by atoms with Crippen LogP contribution in [0.25, 0.3) is 16.9 Å². The van der Waals surface area contributed by atoms with E-state index in [-0.39, 0.29) is 0 Å². The Balaban J connectivity index is 2.23. The van der Waals surface area contributed by atoms with Crippen molar-refractivity contribution in [2.45, 2.75) is 0 Å². The highest BCUT2D eigenvalue weighted by molar-refractivity contribution is 5.53. The zero-order chi connectivity index (χ0) is 12.4. The van der Waals surface area contributed by atoms with Crippen molar-refractivity contribution in [3.05, 3.63) is 65.3 Å². The summed E-state index contributed by atoms with van der Waals surface area (Å²) in [5, 5.41) is 2.59. The highest BCUT2D eigenvalue weighted by atomic mass is 16.5. The largest absolute Gasteiger partial charge is 0.435 e. The average molecular weight is 240 g/mol. The van der Waals surface area contributed by atoms with E-state index in [1.54, 1.807) is 23.1 Å². The van der Waals surface area contributed by atoms with Gasteiger partial charge in [-0.3, -0.25) is 9.51 Å². The highest BCUT2D eigenvalue weighted by Crippen LogP contribution is 2.10. The summed E-state index contributed by atoms with van der Waals surface area (Å²) in [6.07, 6.45) is 3.28. The van der Waals surface area contributed by atoms with Crippen LogP contribution in [-0.4, -0.2) is 10.3 Å². The number of hydrogen-bond donors (Lipinski definition) is 1. The summed E-state index contributed by atoms with van der Waals surface area (Å²) in [6.45, 7) is 0. The number of pyridine rings is 1. The van der Waals surface area contributed by atoms with Gasteiger partial charge in [0.25, 0.3) is 0 Å². The lowest BCUT2D eigenvalue weighted by molar-refractivity contribution is -0.660. The molecule has 5 heteroatoms. The van der Waals surface area contributed by atoms with Gasteiger partial charge >= 0.3 is 11.3 Å². The minimum Gasteiger partial charge on any atom is -0.282 e. The summed E-state index contributed by atoms with van der Waals surface area (Å²) in [4.78, 5) is 15.8. The average Bonchev–Trinajstić information content (AvgIpc) is 2.83. The monoisotopic (exact) mass is 240 g/mol. The predicted octanol–water partition coefficient (Wildman–Crippen LogP) is 1.31. The van der Waals surface area contributed by atoms with Crippen molar-refractivity contribution in [1.82, 2.24) is 10.3 Å². The van der Waals surface area contributed by atoms with Crippen LogP contribution in [0, 0.1) is 0 Å². The van der Waals surface area contributed by atoms with E-state index in [1.165, 1.54) is 0 Å². The Bertz CT molecular complexity index is 702. The fourth-order valence-electron chi connectivity index (χ4n) is 1.78. The Morgan fingerprint density at radius 2 is 1.94 bits per heavy atom. The van der Waals surface area contributed by atoms with Crippen LogP contribution in [0.4, 0.5) is 0 Å². The molecule has 0 atom stereocenters. The Hall–Kier alpha value is -2.69. The van der Waals surface area contributed by atoms with Crippen LogP contribution >= 0.6 is 0 Å². The molecule has 2 heterocycles. The van der Waals surface area contributed by atoms with E-state index in [0.717, 1.165) is 5.69 Å². The Kier molecular flexibility index (Phi) is 2.49. The summed E-state index contributed by atoms with van der Waals surface area (Å²) >= 11 is 0. The molecule has 0 unspecified atom stereocenters. The molecular weight excluding hydrogens is 230 g/mol. The van der Waals surface area contributed by atoms with E-state index in [1.807, 2.05) is 36.4 Å². The lowest BCUT2D eigenvalue weighted by Crippen LogP contribution is -2.36. The van der Waals surface area contributed by atoms with Crippen LogP contribution in [-0.2, 0) is 0 Å². The summed E-state index contributed by atoms with van der Waals surface area (Å²) < 4.78 is 6.46. The first-order chi connectivity index (χ1) is 8.86. The van der Waals surface area contributed by atoms with Crippen molar-refractivity contribution >= 4 is 0 Å². The molecule has 3 aromatic rings. The second-order valence-corrected chi connectivity index (χ2v) is 3.74. The third-order valence-corrected chi connectivity index (χ3v) is 2.60. The van der Waals surface area contributed by atoms with Gasteiger partial charge < -0.3 is 0 Å². The van der Waals surface area contributed by atoms with Gasteiger partial charge in [-0.25, -0.2) is 4.79 Å². The maximum Gasteiger partial charge on any atom is 0.435 e. The number of rotatable bonds is 2. The van der Waals surface area contributed by atoms with Crippen LogP contribution < -0.4 is 10.3 Å². The quantitative estimate of drug-likeness (QED) is 0.687.